The molecule has 2 atom stereocenters. The first-order chi connectivity index (χ1) is 9.93. The molecule has 0 aliphatic heterocycles. The first-order valence-electron chi connectivity index (χ1n) is 6.55. The second-order valence-corrected chi connectivity index (χ2v) is 5.60. The second kappa shape index (κ2) is 6.49. The number of hydrogen-bond acceptors (Lipinski definition) is 3. The Bertz CT molecular complexity index is 569. The van der Waals surface area contributed by atoms with E-state index in [0.717, 1.165) is 10.9 Å². The fraction of sp³-hybridized carbons (Fsp3) is 0.333. The predicted molar refractivity (Wildman–Crippen MR) is 77.4 cm³/mol. The molecule has 6 heteroatoms. The minimum absolute atomic E-state index is 0.188. The van der Waals surface area contributed by atoms with Crippen molar-refractivity contribution in [2.75, 3.05) is 0 Å². The summed E-state index contributed by atoms with van der Waals surface area (Å²) in [5, 5.41) is 1.85. The van der Waals surface area contributed by atoms with Crippen molar-refractivity contribution in [3.8, 4) is 5.75 Å². The maximum atomic E-state index is 13.0. The molecule has 0 amide bonds. The number of hydrogen-bond donors (Lipinski definition) is 1. The monoisotopic (exact) mass is 315 g/mol. The Hall–Kier alpha value is -1.53. The number of halogens is 3. The fourth-order valence-corrected chi connectivity index (χ4v) is 2.79. The number of thiophene rings is 1. The van der Waals surface area contributed by atoms with Crippen LogP contribution in [-0.4, -0.2) is 6.04 Å². The Balaban J connectivity index is 2.34. The van der Waals surface area contributed by atoms with Crippen molar-refractivity contribution in [1.29, 1.82) is 0 Å². The number of ether oxygens (including phenoxy) is 1. The smallest absolute Gasteiger partial charge is 0.419 e. The van der Waals surface area contributed by atoms with E-state index in [-0.39, 0.29) is 11.8 Å². The molecule has 1 heterocycles. The van der Waals surface area contributed by atoms with Crippen molar-refractivity contribution in [2.24, 2.45) is 5.73 Å². The zero-order valence-corrected chi connectivity index (χ0v) is 12.2. The highest BCUT2D eigenvalue weighted by Crippen LogP contribution is 2.38. The Kier molecular flexibility index (Phi) is 4.90. The van der Waals surface area contributed by atoms with Gasteiger partial charge in [-0.1, -0.05) is 25.1 Å². The SMILES string of the molecule is CCC(N)C(Oc1ccccc1C(F)(F)F)c1cccs1. The lowest BCUT2D eigenvalue weighted by Crippen LogP contribution is -2.31. The predicted octanol–water partition coefficient (Wildman–Crippen LogP) is 4.62. The van der Waals surface area contributed by atoms with E-state index in [4.69, 9.17) is 10.5 Å². The minimum Gasteiger partial charge on any atom is -0.483 e. The molecule has 0 saturated carbocycles. The van der Waals surface area contributed by atoms with Crippen molar-refractivity contribution in [3.63, 3.8) is 0 Å². The van der Waals surface area contributed by atoms with Crippen LogP contribution in [0.5, 0.6) is 5.75 Å². The standard InChI is InChI=1S/C15H16F3NOS/c1-2-11(19)14(13-8-5-9-21-13)20-12-7-4-3-6-10(12)15(16,17)18/h3-9,11,14H,2,19H2,1H3. The maximum Gasteiger partial charge on any atom is 0.419 e. The zero-order valence-electron chi connectivity index (χ0n) is 11.4. The molecule has 2 N–H and O–H groups in total. The summed E-state index contributed by atoms with van der Waals surface area (Å²) in [6.07, 6.45) is -4.43. The molecule has 0 radical (unpaired) electrons. The molecule has 0 aliphatic carbocycles. The molecule has 0 saturated heterocycles. The van der Waals surface area contributed by atoms with E-state index in [1.54, 1.807) is 0 Å². The van der Waals surface area contributed by atoms with Gasteiger partial charge >= 0.3 is 6.18 Å². The molecule has 2 rings (SSSR count). The van der Waals surface area contributed by atoms with Crippen molar-refractivity contribution < 1.29 is 17.9 Å². The number of alkyl halides is 3. The molecule has 2 nitrogen and oxygen atoms in total. The minimum atomic E-state index is -4.45. The van der Waals surface area contributed by atoms with Crippen molar-refractivity contribution >= 4 is 11.3 Å². The molecule has 21 heavy (non-hydrogen) atoms. The molecule has 2 unspecified atom stereocenters. The van der Waals surface area contributed by atoms with E-state index in [1.165, 1.54) is 29.5 Å². The Labute approximate surface area is 125 Å². The quantitative estimate of drug-likeness (QED) is 0.873. The summed E-state index contributed by atoms with van der Waals surface area (Å²) in [4.78, 5) is 0.821. The molecule has 0 fully saturated rings. The van der Waals surface area contributed by atoms with Crippen LogP contribution in [0.4, 0.5) is 13.2 Å². The van der Waals surface area contributed by atoms with Gasteiger partial charge in [0.25, 0.3) is 0 Å². The van der Waals surface area contributed by atoms with E-state index < -0.39 is 17.8 Å². The average molecular weight is 315 g/mol. The largest absolute Gasteiger partial charge is 0.483 e. The lowest BCUT2D eigenvalue weighted by atomic mass is 10.1. The van der Waals surface area contributed by atoms with Gasteiger partial charge in [0.15, 0.2) is 0 Å². The first-order valence-corrected chi connectivity index (χ1v) is 7.43. The Morgan fingerprint density at radius 2 is 1.90 bits per heavy atom. The number of para-hydroxylation sites is 1. The lowest BCUT2D eigenvalue weighted by molar-refractivity contribution is -0.139. The Morgan fingerprint density at radius 3 is 2.48 bits per heavy atom. The van der Waals surface area contributed by atoms with Gasteiger partial charge in [-0.3, -0.25) is 0 Å². The number of benzene rings is 1. The van der Waals surface area contributed by atoms with E-state index in [2.05, 4.69) is 0 Å². The van der Waals surface area contributed by atoms with Crippen LogP contribution in [0.25, 0.3) is 0 Å². The molecule has 1 aromatic carbocycles. The molecule has 0 spiro atoms. The second-order valence-electron chi connectivity index (χ2n) is 4.62. The summed E-state index contributed by atoms with van der Waals surface area (Å²) in [7, 11) is 0. The van der Waals surface area contributed by atoms with Crippen LogP contribution in [0.15, 0.2) is 41.8 Å². The normalized spacial score (nSPS) is 14.7. The molecule has 114 valence electrons. The van der Waals surface area contributed by atoms with Crippen LogP contribution >= 0.6 is 11.3 Å². The van der Waals surface area contributed by atoms with E-state index in [9.17, 15) is 13.2 Å². The van der Waals surface area contributed by atoms with Gasteiger partial charge in [-0.2, -0.15) is 13.2 Å². The maximum absolute atomic E-state index is 13.0. The molecular formula is C15H16F3NOS. The van der Waals surface area contributed by atoms with Crippen LogP contribution in [-0.2, 0) is 6.18 Å². The Morgan fingerprint density at radius 1 is 1.19 bits per heavy atom. The van der Waals surface area contributed by atoms with Crippen LogP contribution in [0, 0.1) is 0 Å². The molecule has 2 aromatic rings. The van der Waals surface area contributed by atoms with Crippen LogP contribution in [0.3, 0.4) is 0 Å². The van der Waals surface area contributed by atoms with Crippen molar-refractivity contribution in [1.82, 2.24) is 0 Å². The molecular weight excluding hydrogens is 299 g/mol. The van der Waals surface area contributed by atoms with Gasteiger partial charge in [0.05, 0.1) is 5.56 Å². The third-order valence-electron chi connectivity index (χ3n) is 3.13. The highest BCUT2D eigenvalue weighted by Gasteiger charge is 2.35. The van der Waals surface area contributed by atoms with Gasteiger partial charge in [0.2, 0.25) is 0 Å². The first kappa shape index (κ1) is 15.9. The van der Waals surface area contributed by atoms with Gasteiger partial charge in [-0.15, -0.1) is 11.3 Å². The van der Waals surface area contributed by atoms with Gasteiger partial charge in [0.1, 0.15) is 11.9 Å². The summed E-state index contributed by atoms with van der Waals surface area (Å²) in [6, 6.07) is 8.48. The molecule has 0 bridgehead atoms. The summed E-state index contributed by atoms with van der Waals surface area (Å²) in [5.41, 5.74) is 5.23. The highest BCUT2D eigenvalue weighted by atomic mass is 32.1. The zero-order chi connectivity index (χ0) is 15.5. The van der Waals surface area contributed by atoms with Crippen LogP contribution in [0.2, 0.25) is 0 Å². The van der Waals surface area contributed by atoms with Crippen LogP contribution in [0.1, 0.15) is 29.9 Å². The summed E-state index contributed by atoms with van der Waals surface area (Å²) < 4.78 is 44.7. The van der Waals surface area contributed by atoms with E-state index >= 15 is 0 Å². The lowest BCUT2D eigenvalue weighted by Gasteiger charge is -2.25. The number of rotatable bonds is 5. The highest BCUT2D eigenvalue weighted by molar-refractivity contribution is 7.10. The average Bonchev–Trinajstić information content (AvgIpc) is 2.97. The number of nitrogens with two attached hydrogens (primary N) is 1. The van der Waals surface area contributed by atoms with E-state index in [1.807, 2.05) is 24.4 Å². The summed E-state index contributed by atoms with van der Waals surface area (Å²) in [5.74, 6) is -0.188. The van der Waals surface area contributed by atoms with Crippen LogP contribution < -0.4 is 10.5 Å². The molecule has 1 aromatic heterocycles. The third kappa shape index (κ3) is 3.77. The van der Waals surface area contributed by atoms with Crippen molar-refractivity contribution in [3.05, 3.63) is 52.2 Å². The van der Waals surface area contributed by atoms with Crippen molar-refractivity contribution in [2.45, 2.75) is 31.7 Å². The van der Waals surface area contributed by atoms with E-state index in [0.29, 0.717) is 6.42 Å². The van der Waals surface area contributed by atoms with Gasteiger partial charge in [-0.25, -0.2) is 0 Å². The van der Waals surface area contributed by atoms with Gasteiger partial charge in [0, 0.05) is 10.9 Å². The topological polar surface area (TPSA) is 35.2 Å². The summed E-state index contributed by atoms with van der Waals surface area (Å²) >= 11 is 1.42. The summed E-state index contributed by atoms with van der Waals surface area (Å²) in [6.45, 7) is 1.88. The van der Waals surface area contributed by atoms with Gasteiger partial charge in [-0.05, 0) is 30.0 Å². The molecule has 0 aliphatic rings. The fourth-order valence-electron chi connectivity index (χ4n) is 1.96. The third-order valence-corrected chi connectivity index (χ3v) is 4.06. The van der Waals surface area contributed by atoms with Gasteiger partial charge < -0.3 is 10.5 Å².